The number of fused-ring (bicyclic) bond motifs is 1. The van der Waals surface area contributed by atoms with Gasteiger partial charge >= 0.3 is 5.97 Å². The third-order valence-electron chi connectivity index (χ3n) is 2.90. The van der Waals surface area contributed by atoms with Crippen molar-refractivity contribution in [3.63, 3.8) is 0 Å². The lowest BCUT2D eigenvalue weighted by Crippen LogP contribution is -2.18. The third-order valence-corrected chi connectivity index (χ3v) is 2.90. The van der Waals surface area contributed by atoms with Crippen molar-refractivity contribution < 1.29 is 9.53 Å². The van der Waals surface area contributed by atoms with Crippen LogP contribution in [0.2, 0.25) is 0 Å². The molecule has 0 saturated heterocycles. The van der Waals surface area contributed by atoms with Crippen LogP contribution in [0.4, 0.5) is 0 Å². The quantitative estimate of drug-likeness (QED) is 0.464. The Hall–Kier alpha value is -1.31. The molecule has 0 bridgehead atoms. The van der Waals surface area contributed by atoms with E-state index in [1.54, 1.807) is 0 Å². The molecule has 0 fully saturated rings. The van der Waals surface area contributed by atoms with Gasteiger partial charge in [-0.2, -0.15) is 0 Å². The minimum Gasteiger partial charge on any atom is -0.426 e. The van der Waals surface area contributed by atoms with E-state index in [0.717, 1.165) is 17.7 Å². The van der Waals surface area contributed by atoms with Crippen molar-refractivity contribution in [1.82, 2.24) is 0 Å². The minimum absolute atomic E-state index is 0.108. The van der Waals surface area contributed by atoms with E-state index >= 15 is 0 Å². The van der Waals surface area contributed by atoms with E-state index in [9.17, 15) is 4.79 Å². The summed E-state index contributed by atoms with van der Waals surface area (Å²) in [6.07, 6.45) is 1.33. The molecule has 0 spiro atoms. The van der Waals surface area contributed by atoms with E-state index in [2.05, 4.69) is 19.9 Å². The summed E-state index contributed by atoms with van der Waals surface area (Å²) in [6, 6.07) is 2.08. The van der Waals surface area contributed by atoms with Crippen molar-refractivity contribution in [2.75, 3.05) is 0 Å². The van der Waals surface area contributed by atoms with Crippen LogP contribution in [-0.4, -0.2) is 5.97 Å². The Kier molecular flexibility index (Phi) is 2.06. The van der Waals surface area contributed by atoms with Crippen LogP contribution in [0.5, 0.6) is 5.75 Å². The van der Waals surface area contributed by atoms with Crippen molar-refractivity contribution in [2.24, 2.45) is 0 Å². The van der Waals surface area contributed by atoms with Crippen LogP contribution < -0.4 is 4.74 Å². The van der Waals surface area contributed by atoms with Crippen LogP contribution in [0, 0.1) is 20.8 Å². The second-order valence-corrected chi connectivity index (χ2v) is 3.92. The summed E-state index contributed by atoms with van der Waals surface area (Å²) in [4.78, 5) is 11.2. The largest absolute Gasteiger partial charge is 0.426 e. The molecule has 1 aliphatic heterocycles. The molecule has 2 nitrogen and oxygen atoms in total. The first-order valence-electron chi connectivity index (χ1n) is 4.90. The second-order valence-electron chi connectivity index (χ2n) is 3.92. The zero-order chi connectivity index (χ0) is 10.3. The molecule has 0 N–H and O–H groups in total. The van der Waals surface area contributed by atoms with E-state index in [4.69, 9.17) is 4.74 Å². The summed E-state index contributed by atoms with van der Waals surface area (Å²) < 4.78 is 5.26. The lowest BCUT2D eigenvalue weighted by molar-refractivity contribution is -0.135. The minimum atomic E-state index is -0.108. The zero-order valence-corrected chi connectivity index (χ0v) is 8.81. The summed E-state index contributed by atoms with van der Waals surface area (Å²) in [6.45, 7) is 6.18. The molecule has 1 aliphatic rings. The Labute approximate surface area is 83.9 Å². The van der Waals surface area contributed by atoms with Crippen LogP contribution in [0.1, 0.15) is 28.7 Å². The van der Waals surface area contributed by atoms with Gasteiger partial charge in [0.2, 0.25) is 0 Å². The number of ether oxygens (including phenoxy) is 1. The van der Waals surface area contributed by atoms with Crippen LogP contribution in [0.3, 0.4) is 0 Å². The molecule has 0 atom stereocenters. The van der Waals surface area contributed by atoms with Crippen LogP contribution in [0.15, 0.2) is 6.07 Å². The molecule has 74 valence electrons. The van der Waals surface area contributed by atoms with Crippen LogP contribution >= 0.6 is 0 Å². The smallest absolute Gasteiger partial charge is 0.311 e. The number of aryl methyl sites for hydroxylation is 2. The highest BCUT2D eigenvalue weighted by Gasteiger charge is 2.21. The van der Waals surface area contributed by atoms with Crippen molar-refractivity contribution in [3.8, 4) is 5.75 Å². The molecular weight excluding hydrogens is 176 g/mol. The number of esters is 1. The molecule has 0 aromatic heterocycles. The Morgan fingerprint density at radius 3 is 2.57 bits per heavy atom. The molecule has 2 rings (SSSR count). The Balaban J connectivity index is 2.62. The molecule has 0 saturated carbocycles. The maximum Gasteiger partial charge on any atom is 0.311 e. The third kappa shape index (κ3) is 1.31. The Morgan fingerprint density at radius 2 is 1.86 bits per heavy atom. The summed E-state index contributed by atoms with van der Waals surface area (Å²) in [7, 11) is 0. The van der Waals surface area contributed by atoms with E-state index in [0.29, 0.717) is 6.42 Å². The molecule has 0 radical (unpaired) electrons. The first-order valence-corrected chi connectivity index (χ1v) is 4.90. The standard InChI is InChI=1S/C12H14O2/c1-7-6-8(2)12-10(9(7)3)4-5-11(13)14-12/h6H,4-5H2,1-3H3. The van der Waals surface area contributed by atoms with Gasteiger partial charge in [-0.25, -0.2) is 0 Å². The fourth-order valence-corrected chi connectivity index (χ4v) is 1.98. The Morgan fingerprint density at radius 1 is 1.14 bits per heavy atom. The molecule has 1 aromatic rings. The van der Waals surface area contributed by atoms with E-state index in [1.807, 2.05) is 6.92 Å². The van der Waals surface area contributed by atoms with Crippen molar-refractivity contribution in [2.45, 2.75) is 33.6 Å². The first-order chi connectivity index (χ1) is 6.59. The maximum absolute atomic E-state index is 11.2. The lowest BCUT2D eigenvalue weighted by atomic mass is 9.94. The van der Waals surface area contributed by atoms with Gasteiger partial charge in [0.05, 0.1) is 6.42 Å². The lowest BCUT2D eigenvalue weighted by Gasteiger charge is -2.21. The highest BCUT2D eigenvalue weighted by Crippen LogP contribution is 2.33. The van der Waals surface area contributed by atoms with Crippen LogP contribution in [0.25, 0.3) is 0 Å². The monoisotopic (exact) mass is 190 g/mol. The summed E-state index contributed by atoms with van der Waals surface area (Å²) in [5, 5.41) is 0. The van der Waals surface area contributed by atoms with Gasteiger partial charge in [0.25, 0.3) is 0 Å². The summed E-state index contributed by atoms with van der Waals surface area (Å²) in [5.74, 6) is 0.688. The molecule has 0 amide bonds. The Bertz CT molecular complexity index is 405. The van der Waals surface area contributed by atoms with Gasteiger partial charge in [0.1, 0.15) is 5.75 Å². The first kappa shape index (κ1) is 9.25. The van der Waals surface area contributed by atoms with Gasteiger partial charge in [0, 0.05) is 0 Å². The molecule has 1 heterocycles. The van der Waals surface area contributed by atoms with Crippen LogP contribution in [-0.2, 0) is 11.2 Å². The maximum atomic E-state index is 11.2. The van der Waals surface area contributed by atoms with Gasteiger partial charge in [-0.05, 0) is 49.4 Å². The number of benzene rings is 1. The average Bonchev–Trinajstić information content (AvgIpc) is 2.14. The highest BCUT2D eigenvalue weighted by molar-refractivity contribution is 5.76. The number of hydrogen-bond donors (Lipinski definition) is 0. The average molecular weight is 190 g/mol. The number of rotatable bonds is 0. The molecule has 0 aliphatic carbocycles. The molecule has 1 aromatic carbocycles. The van der Waals surface area contributed by atoms with Gasteiger partial charge in [0.15, 0.2) is 0 Å². The molecule has 2 heteroatoms. The number of hydrogen-bond acceptors (Lipinski definition) is 2. The predicted molar refractivity (Wildman–Crippen MR) is 54.6 cm³/mol. The van der Waals surface area contributed by atoms with Gasteiger partial charge in [-0.15, -0.1) is 0 Å². The molecular formula is C12H14O2. The fraction of sp³-hybridized carbons (Fsp3) is 0.417. The number of carbonyl (C=O) groups is 1. The molecule has 0 unspecified atom stereocenters. The van der Waals surface area contributed by atoms with Gasteiger partial charge in [-0.3, -0.25) is 4.79 Å². The normalized spacial score (nSPS) is 14.9. The van der Waals surface area contributed by atoms with E-state index in [1.165, 1.54) is 16.7 Å². The van der Waals surface area contributed by atoms with Gasteiger partial charge in [-0.1, -0.05) is 6.07 Å². The van der Waals surface area contributed by atoms with Crippen molar-refractivity contribution >= 4 is 5.97 Å². The topological polar surface area (TPSA) is 26.3 Å². The summed E-state index contributed by atoms with van der Waals surface area (Å²) in [5.41, 5.74) is 4.82. The summed E-state index contributed by atoms with van der Waals surface area (Å²) >= 11 is 0. The predicted octanol–water partition coefficient (Wildman–Crippen LogP) is 2.46. The SMILES string of the molecule is Cc1cc(C)c2c(c1C)CCC(=O)O2. The second kappa shape index (κ2) is 3.12. The highest BCUT2D eigenvalue weighted by atomic mass is 16.5. The van der Waals surface area contributed by atoms with Gasteiger partial charge < -0.3 is 4.74 Å². The fourth-order valence-electron chi connectivity index (χ4n) is 1.98. The molecule has 14 heavy (non-hydrogen) atoms. The van der Waals surface area contributed by atoms with Crippen molar-refractivity contribution in [3.05, 3.63) is 28.3 Å². The van der Waals surface area contributed by atoms with E-state index < -0.39 is 0 Å². The number of carbonyl (C=O) groups excluding carboxylic acids is 1. The zero-order valence-electron chi connectivity index (χ0n) is 8.81. The van der Waals surface area contributed by atoms with E-state index in [-0.39, 0.29) is 5.97 Å². The van der Waals surface area contributed by atoms with Crippen molar-refractivity contribution in [1.29, 1.82) is 0 Å².